The summed E-state index contributed by atoms with van der Waals surface area (Å²) in [7, 11) is 0. The lowest BCUT2D eigenvalue weighted by Crippen LogP contribution is -2.37. The molecule has 0 heterocycles. The van der Waals surface area contributed by atoms with E-state index >= 15 is 0 Å². The monoisotopic (exact) mass is 446 g/mol. The summed E-state index contributed by atoms with van der Waals surface area (Å²) in [6, 6.07) is 29.8. The standard InChI is InChI=1S/C27H28NO3S/c1-26(2,3)31-25(30)28-24(19-29)20-32-27(21-13-7-4-8-14-21,22-15-9-5-10-16-22)23-17-11-6-12-18-23/h4-19,24H,20H2,1-3H3/t24-/m1/s1. The number of ether oxygens (including phenoxy) is 1. The van der Waals surface area contributed by atoms with Gasteiger partial charge in [0.1, 0.15) is 17.9 Å². The first-order valence-electron chi connectivity index (χ1n) is 10.5. The van der Waals surface area contributed by atoms with Crippen molar-refractivity contribution in [3.05, 3.63) is 108 Å². The number of thioether (sulfide) groups is 1. The Morgan fingerprint density at radius 2 is 1.25 bits per heavy atom. The van der Waals surface area contributed by atoms with Crippen molar-refractivity contribution in [2.24, 2.45) is 0 Å². The van der Waals surface area contributed by atoms with E-state index in [9.17, 15) is 9.59 Å². The third-order valence-electron chi connectivity index (χ3n) is 4.83. The molecule has 165 valence electrons. The van der Waals surface area contributed by atoms with Gasteiger partial charge in [-0.2, -0.15) is 0 Å². The number of carbonyl (C=O) groups excluding carboxylic acids is 2. The zero-order valence-corrected chi connectivity index (χ0v) is 19.4. The highest BCUT2D eigenvalue weighted by atomic mass is 32.2. The van der Waals surface area contributed by atoms with E-state index in [1.807, 2.05) is 54.6 Å². The average Bonchev–Trinajstić information content (AvgIpc) is 2.79. The number of aldehydes is 1. The molecule has 1 atom stereocenters. The van der Waals surface area contributed by atoms with Gasteiger partial charge in [-0.15, -0.1) is 11.8 Å². The SMILES string of the molecule is CC(C)(C)OC(=O)[N][C@H](C=O)CSC(c1ccccc1)(c1ccccc1)c1ccccc1. The number of hydrogen-bond acceptors (Lipinski definition) is 4. The number of hydrogen-bond donors (Lipinski definition) is 0. The Morgan fingerprint density at radius 3 is 1.59 bits per heavy atom. The molecular weight excluding hydrogens is 418 g/mol. The molecule has 0 saturated carbocycles. The highest BCUT2D eigenvalue weighted by molar-refractivity contribution is 8.00. The normalized spacial score (nSPS) is 12.6. The first-order chi connectivity index (χ1) is 15.3. The van der Waals surface area contributed by atoms with E-state index in [4.69, 9.17) is 4.74 Å². The second-order valence-corrected chi connectivity index (χ2v) is 9.64. The van der Waals surface area contributed by atoms with E-state index in [2.05, 4.69) is 41.7 Å². The molecule has 0 aromatic heterocycles. The molecule has 5 heteroatoms. The molecule has 0 aliphatic heterocycles. The molecule has 0 bridgehead atoms. The van der Waals surface area contributed by atoms with Gasteiger partial charge in [-0.05, 0) is 37.5 Å². The van der Waals surface area contributed by atoms with Gasteiger partial charge in [-0.3, -0.25) is 0 Å². The fourth-order valence-electron chi connectivity index (χ4n) is 3.51. The van der Waals surface area contributed by atoms with E-state index < -0.39 is 22.5 Å². The molecule has 3 aromatic rings. The fraction of sp³-hybridized carbons (Fsp3) is 0.259. The van der Waals surface area contributed by atoms with Crippen LogP contribution in [0.15, 0.2) is 91.0 Å². The van der Waals surface area contributed by atoms with Crippen LogP contribution in [0.4, 0.5) is 4.79 Å². The smallest absolute Gasteiger partial charge is 0.430 e. The van der Waals surface area contributed by atoms with Crippen LogP contribution >= 0.6 is 11.8 Å². The first kappa shape index (κ1) is 23.6. The maximum Gasteiger partial charge on any atom is 0.430 e. The lowest BCUT2D eigenvalue weighted by atomic mass is 9.84. The van der Waals surface area contributed by atoms with Gasteiger partial charge in [0, 0.05) is 5.75 Å². The number of benzene rings is 3. The molecule has 0 saturated heterocycles. The Labute approximate surface area is 194 Å². The minimum Gasteiger partial charge on any atom is -0.442 e. The molecule has 0 aliphatic carbocycles. The van der Waals surface area contributed by atoms with Crippen LogP contribution in [0.2, 0.25) is 0 Å². The predicted molar refractivity (Wildman–Crippen MR) is 130 cm³/mol. The average molecular weight is 447 g/mol. The minimum absolute atomic E-state index is 0.321. The van der Waals surface area contributed by atoms with Gasteiger partial charge < -0.3 is 9.53 Å². The third-order valence-corrected chi connectivity index (χ3v) is 6.48. The summed E-state index contributed by atoms with van der Waals surface area (Å²) in [6.07, 6.45) is -0.0113. The van der Waals surface area contributed by atoms with Crippen LogP contribution in [-0.2, 0) is 14.3 Å². The lowest BCUT2D eigenvalue weighted by Gasteiger charge is -2.36. The molecule has 0 spiro atoms. The first-order valence-corrected chi connectivity index (χ1v) is 11.5. The number of nitrogens with zero attached hydrogens (tertiary/aromatic N) is 1. The van der Waals surface area contributed by atoms with Gasteiger partial charge in [0.05, 0.1) is 4.75 Å². The maximum atomic E-state index is 12.2. The molecule has 3 aromatic carbocycles. The molecule has 0 unspecified atom stereocenters. The van der Waals surface area contributed by atoms with Crippen molar-refractivity contribution >= 4 is 24.1 Å². The van der Waals surface area contributed by atoms with Crippen LogP contribution in [0.25, 0.3) is 0 Å². The topological polar surface area (TPSA) is 57.5 Å². The van der Waals surface area contributed by atoms with E-state index in [0.29, 0.717) is 12.0 Å². The summed E-state index contributed by atoms with van der Waals surface area (Å²) in [5.74, 6) is 0.321. The maximum absolute atomic E-state index is 12.2. The van der Waals surface area contributed by atoms with Gasteiger partial charge in [-0.1, -0.05) is 91.0 Å². The number of amides is 1. The van der Waals surface area contributed by atoms with Crippen LogP contribution in [0.5, 0.6) is 0 Å². The quantitative estimate of drug-likeness (QED) is 0.323. The van der Waals surface area contributed by atoms with Crippen molar-refractivity contribution in [1.29, 1.82) is 0 Å². The van der Waals surface area contributed by atoms with E-state index in [1.165, 1.54) is 0 Å². The van der Waals surface area contributed by atoms with Crippen LogP contribution in [-0.4, -0.2) is 29.8 Å². The van der Waals surface area contributed by atoms with Gasteiger partial charge in [0.25, 0.3) is 0 Å². The Bertz CT molecular complexity index is 905. The lowest BCUT2D eigenvalue weighted by molar-refractivity contribution is -0.109. The Hall–Kier alpha value is -3.05. The van der Waals surface area contributed by atoms with Crippen LogP contribution < -0.4 is 5.32 Å². The van der Waals surface area contributed by atoms with E-state index in [1.54, 1.807) is 32.5 Å². The van der Waals surface area contributed by atoms with Gasteiger partial charge in [0.15, 0.2) is 0 Å². The molecule has 4 nitrogen and oxygen atoms in total. The van der Waals surface area contributed by atoms with Crippen molar-refractivity contribution in [3.8, 4) is 0 Å². The molecule has 0 aliphatic rings. The van der Waals surface area contributed by atoms with Crippen LogP contribution in [0.3, 0.4) is 0 Å². The summed E-state index contributed by atoms with van der Waals surface area (Å²) in [5, 5.41) is 4.01. The third kappa shape index (κ3) is 5.80. The van der Waals surface area contributed by atoms with E-state index in [-0.39, 0.29) is 0 Å². The molecule has 32 heavy (non-hydrogen) atoms. The summed E-state index contributed by atoms with van der Waals surface area (Å²) in [4.78, 5) is 24.0. The summed E-state index contributed by atoms with van der Waals surface area (Å²) < 4.78 is 4.71. The van der Waals surface area contributed by atoms with Gasteiger partial charge in [0.2, 0.25) is 0 Å². The van der Waals surface area contributed by atoms with Crippen molar-refractivity contribution in [1.82, 2.24) is 5.32 Å². The molecule has 3 rings (SSSR count). The van der Waals surface area contributed by atoms with Crippen molar-refractivity contribution in [2.75, 3.05) is 5.75 Å². The highest BCUT2D eigenvalue weighted by Gasteiger charge is 2.38. The van der Waals surface area contributed by atoms with Gasteiger partial charge >= 0.3 is 6.09 Å². The summed E-state index contributed by atoms with van der Waals surface area (Å²) >= 11 is 1.59. The molecule has 0 N–H and O–H groups in total. The van der Waals surface area contributed by atoms with Crippen molar-refractivity contribution < 1.29 is 14.3 Å². The number of rotatable bonds is 8. The Morgan fingerprint density at radius 1 is 0.844 bits per heavy atom. The van der Waals surface area contributed by atoms with E-state index in [0.717, 1.165) is 16.7 Å². The highest BCUT2D eigenvalue weighted by Crippen LogP contribution is 2.48. The summed E-state index contributed by atoms with van der Waals surface area (Å²) in [6.45, 7) is 5.32. The molecule has 1 amide bonds. The van der Waals surface area contributed by atoms with Crippen LogP contribution in [0, 0.1) is 0 Å². The largest absolute Gasteiger partial charge is 0.442 e. The second-order valence-electron chi connectivity index (χ2n) is 8.40. The van der Waals surface area contributed by atoms with Gasteiger partial charge in [-0.25, -0.2) is 10.1 Å². The molecule has 1 radical (unpaired) electrons. The van der Waals surface area contributed by atoms with Crippen molar-refractivity contribution in [3.63, 3.8) is 0 Å². The Kier molecular flexibility index (Phi) is 7.75. The zero-order chi connectivity index (χ0) is 23.0. The second kappa shape index (κ2) is 10.5. The number of carbonyl (C=O) groups is 2. The predicted octanol–water partition coefficient (Wildman–Crippen LogP) is 5.82. The summed E-state index contributed by atoms with van der Waals surface area (Å²) in [5.41, 5.74) is 2.60. The van der Waals surface area contributed by atoms with Crippen LogP contribution in [0.1, 0.15) is 37.5 Å². The van der Waals surface area contributed by atoms with Crippen molar-refractivity contribution in [2.45, 2.75) is 37.2 Å². The molecular formula is C27H28NO3S. The molecule has 0 fully saturated rings. The minimum atomic E-state index is -0.814. The zero-order valence-electron chi connectivity index (χ0n) is 18.6. The fourth-order valence-corrected chi connectivity index (χ4v) is 4.99. The Balaban J connectivity index is 1.99.